The number of hydrogen-bond acceptors (Lipinski definition) is 4. The van der Waals surface area contributed by atoms with E-state index < -0.39 is 6.10 Å². The lowest BCUT2D eigenvalue weighted by atomic mass is 9.87. The van der Waals surface area contributed by atoms with Crippen molar-refractivity contribution >= 4 is 22.2 Å². The fraction of sp³-hybridized carbons (Fsp3) is 0.333. The van der Waals surface area contributed by atoms with Crippen LogP contribution in [-0.2, 0) is 10.2 Å². The van der Waals surface area contributed by atoms with Gasteiger partial charge in [-0.15, -0.1) is 11.3 Å². The highest BCUT2D eigenvalue weighted by Gasteiger charge is 2.19. The summed E-state index contributed by atoms with van der Waals surface area (Å²) in [6.07, 6.45) is -0.654. The Hall–Kier alpha value is -2.32. The summed E-state index contributed by atoms with van der Waals surface area (Å²) >= 11 is 1.32. The number of amides is 1. The lowest BCUT2D eigenvalue weighted by Gasteiger charge is -2.21. The van der Waals surface area contributed by atoms with Gasteiger partial charge in [-0.05, 0) is 41.5 Å². The second kappa shape index (κ2) is 6.84. The zero-order valence-corrected chi connectivity index (χ0v) is 14.5. The van der Waals surface area contributed by atoms with Gasteiger partial charge in [-0.1, -0.05) is 32.9 Å². The van der Waals surface area contributed by atoms with Crippen molar-refractivity contribution < 1.29 is 9.53 Å². The van der Waals surface area contributed by atoms with E-state index >= 15 is 0 Å². The van der Waals surface area contributed by atoms with Crippen LogP contribution in [0, 0.1) is 11.3 Å². The summed E-state index contributed by atoms with van der Waals surface area (Å²) < 4.78 is 5.74. The molecule has 0 unspecified atom stereocenters. The molecule has 0 saturated heterocycles. The van der Waals surface area contributed by atoms with Crippen molar-refractivity contribution in [1.82, 2.24) is 0 Å². The molecule has 0 fully saturated rings. The second-order valence-corrected chi connectivity index (χ2v) is 7.22. The summed E-state index contributed by atoms with van der Waals surface area (Å²) in [5, 5.41) is 14.0. The number of benzene rings is 1. The summed E-state index contributed by atoms with van der Waals surface area (Å²) in [6.45, 7) is 8.08. The molecule has 0 bridgehead atoms. The summed E-state index contributed by atoms with van der Waals surface area (Å²) in [6, 6.07) is 11.5. The average Bonchev–Trinajstić information content (AvgIpc) is 2.93. The number of thiophene rings is 1. The van der Waals surface area contributed by atoms with Crippen LogP contribution in [0.1, 0.15) is 38.8 Å². The van der Waals surface area contributed by atoms with Gasteiger partial charge in [0.2, 0.25) is 0 Å². The number of ether oxygens (including phenoxy) is 1. The van der Waals surface area contributed by atoms with E-state index in [-0.39, 0.29) is 11.3 Å². The van der Waals surface area contributed by atoms with Crippen molar-refractivity contribution in [3.8, 4) is 11.8 Å². The third-order valence-electron chi connectivity index (χ3n) is 3.40. The molecular weight excluding hydrogens is 308 g/mol. The number of nitrogens with zero attached hydrogens (tertiary/aromatic N) is 1. The normalized spacial score (nSPS) is 12.3. The fourth-order valence-electron chi connectivity index (χ4n) is 2.00. The van der Waals surface area contributed by atoms with Crippen LogP contribution < -0.4 is 10.1 Å². The minimum atomic E-state index is -0.654. The maximum absolute atomic E-state index is 12.2. The molecule has 4 nitrogen and oxygen atoms in total. The molecule has 120 valence electrons. The lowest BCUT2D eigenvalue weighted by Crippen LogP contribution is -2.30. The lowest BCUT2D eigenvalue weighted by molar-refractivity contribution is -0.122. The molecule has 2 rings (SSSR count). The zero-order valence-electron chi connectivity index (χ0n) is 13.7. The van der Waals surface area contributed by atoms with Crippen LogP contribution >= 0.6 is 11.3 Å². The first-order valence-corrected chi connectivity index (χ1v) is 8.25. The predicted octanol–water partition coefficient (Wildman–Crippen LogP) is 4.32. The molecule has 5 heteroatoms. The first-order valence-electron chi connectivity index (χ1n) is 7.37. The molecule has 1 heterocycles. The number of carbonyl (C=O) groups is 1. The van der Waals surface area contributed by atoms with Gasteiger partial charge in [0.15, 0.2) is 6.10 Å². The number of nitriles is 1. The highest BCUT2D eigenvalue weighted by atomic mass is 32.1. The average molecular weight is 328 g/mol. The van der Waals surface area contributed by atoms with Gasteiger partial charge in [0.05, 0.1) is 5.56 Å². The summed E-state index contributed by atoms with van der Waals surface area (Å²) in [4.78, 5) is 12.2. The molecule has 0 aliphatic carbocycles. The van der Waals surface area contributed by atoms with Crippen molar-refractivity contribution in [2.45, 2.75) is 39.2 Å². The van der Waals surface area contributed by atoms with Gasteiger partial charge >= 0.3 is 0 Å². The Morgan fingerprint density at radius 1 is 1.35 bits per heavy atom. The Morgan fingerprint density at radius 3 is 2.74 bits per heavy atom. The van der Waals surface area contributed by atoms with E-state index in [4.69, 9.17) is 10.00 Å². The van der Waals surface area contributed by atoms with Gasteiger partial charge in [-0.25, -0.2) is 0 Å². The van der Waals surface area contributed by atoms with Crippen LogP contribution in [0.25, 0.3) is 0 Å². The topological polar surface area (TPSA) is 62.1 Å². The number of carbonyl (C=O) groups excluding carboxylic acids is 1. The van der Waals surface area contributed by atoms with Crippen LogP contribution in [0.15, 0.2) is 35.7 Å². The molecule has 1 N–H and O–H groups in total. The Morgan fingerprint density at radius 2 is 2.09 bits per heavy atom. The summed E-state index contributed by atoms with van der Waals surface area (Å²) in [5.74, 6) is 0.386. The number of anilines is 1. The Balaban J connectivity index is 2.06. The van der Waals surface area contributed by atoms with Crippen LogP contribution in [0.3, 0.4) is 0 Å². The third-order valence-corrected chi connectivity index (χ3v) is 4.23. The molecule has 23 heavy (non-hydrogen) atoms. The summed E-state index contributed by atoms with van der Waals surface area (Å²) in [5.41, 5.74) is 1.63. The smallest absolute Gasteiger partial charge is 0.265 e. The SMILES string of the molecule is C[C@H](Oc1cccc(C(C)(C)C)c1)C(=O)Nc1sccc1C#N. The highest BCUT2D eigenvalue weighted by Crippen LogP contribution is 2.26. The van der Waals surface area contributed by atoms with Gasteiger partial charge in [-0.3, -0.25) is 4.79 Å². The minimum absolute atomic E-state index is 0.0174. The molecule has 2 aromatic rings. The highest BCUT2D eigenvalue weighted by molar-refractivity contribution is 7.14. The molecule has 1 atom stereocenters. The first-order chi connectivity index (χ1) is 10.8. The number of nitrogens with one attached hydrogen (secondary N) is 1. The van der Waals surface area contributed by atoms with E-state index in [0.29, 0.717) is 16.3 Å². The fourth-order valence-corrected chi connectivity index (χ4v) is 2.74. The summed E-state index contributed by atoms with van der Waals surface area (Å²) in [7, 11) is 0. The van der Waals surface area contributed by atoms with E-state index in [1.54, 1.807) is 18.4 Å². The van der Waals surface area contributed by atoms with Crippen LogP contribution in [0.2, 0.25) is 0 Å². The van der Waals surface area contributed by atoms with Crippen molar-refractivity contribution in [3.63, 3.8) is 0 Å². The van der Waals surface area contributed by atoms with Gasteiger partial charge in [0, 0.05) is 0 Å². The quantitative estimate of drug-likeness (QED) is 0.909. The molecule has 0 aliphatic heterocycles. The Bertz CT molecular complexity index is 738. The molecule has 1 aromatic carbocycles. The van der Waals surface area contributed by atoms with E-state index in [9.17, 15) is 4.79 Å². The van der Waals surface area contributed by atoms with Crippen molar-refractivity contribution in [3.05, 3.63) is 46.8 Å². The van der Waals surface area contributed by atoms with Gasteiger partial charge in [0.25, 0.3) is 5.91 Å². The van der Waals surface area contributed by atoms with E-state index in [2.05, 4.69) is 26.1 Å². The molecule has 1 amide bonds. The molecular formula is C18H20N2O2S. The predicted molar refractivity (Wildman–Crippen MR) is 92.9 cm³/mol. The van der Waals surface area contributed by atoms with Crippen molar-refractivity contribution in [2.24, 2.45) is 0 Å². The Labute approximate surface area is 140 Å². The minimum Gasteiger partial charge on any atom is -0.481 e. The van der Waals surface area contributed by atoms with Gasteiger partial charge < -0.3 is 10.1 Å². The third kappa shape index (κ3) is 4.33. The first kappa shape index (κ1) is 17.0. The van der Waals surface area contributed by atoms with Crippen molar-refractivity contribution in [1.29, 1.82) is 5.26 Å². The molecule has 0 radical (unpaired) electrons. The van der Waals surface area contributed by atoms with E-state index in [0.717, 1.165) is 5.56 Å². The maximum atomic E-state index is 12.2. The van der Waals surface area contributed by atoms with Crippen molar-refractivity contribution in [2.75, 3.05) is 5.32 Å². The van der Waals surface area contributed by atoms with E-state index in [1.165, 1.54) is 11.3 Å². The van der Waals surface area contributed by atoms with Crippen LogP contribution in [0.4, 0.5) is 5.00 Å². The molecule has 0 spiro atoms. The van der Waals surface area contributed by atoms with E-state index in [1.807, 2.05) is 30.3 Å². The number of hydrogen-bond donors (Lipinski definition) is 1. The second-order valence-electron chi connectivity index (χ2n) is 6.30. The van der Waals surface area contributed by atoms with Crippen LogP contribution in [0.5, 0.6) is 5.75 Å². The largest absolute Gasteiger partial charge is 0.481 e. The molecule has 0 aliphatic rings. The van der Waals surface area contributed by atoms with Crippen LogP contribution in [-0.4, -0.2) is 12.0 Å². The number of rotatable bonds is 4. The molecule has 1 aromatic heterocycles. The zero-order chi connectivity index (χ0) is 17.0. The Kier molecular flexibility index (Phi) is 5.07. The van der Waals surface area contributed by atoms with Gasteiger partial charge in [0.1, 0.15) is 16.8 Å². The maximum Gasteiger partial charge on any atom is 0.265 e. The monoisotopic (exact) mass is 328 g/mol. The standard InChI is InChI=1S/C18H20N2O2S/c1-12(16(21)20-17-13(11-19)8-9-23-17)22-15-7-5-6-14(10-15)18(2,3)4/h5-10,12H,1-4H3,(H,20,21)/t12-/m0/s1. The van der Waals surface area contributed by atoms with Gasteiger partial charge in [-0.2, -0.15) is 5.26 Å². The molecule has 0 saturated carbocycles.